The van der Waals surface area contributed by atoms with Crippen molar-refractivity contribution in [2.75, 3.05) is 0 Å². The molecule has 0 spiro atoms. The summed E-state index contributed by atoms with van der Waals surface area (Å²) in [6.45, 7) is 5.62. The van der Waals surface area contributed by atoms with Crippen LogP contribution in [0.15, 0.2) is 23.1 Å². The summed E-state index contributed by atoms with van der Waals surface area (Å²) < 4.78 is 24.1. The molecule has 1 aliphatic rings. The van der Waals surface area contributed by atoms with E-state index < -0.39 is 14.6 Å². The Morgan fingerprint density at radius 1 is 1.33 bits per heavy atom. The van der Waals surface area contributed by atoms with E-state index in [1.807, 2.05) is 26.0 Å². The molecule has 3 nitrogen and oxygen atoms in total. The van der Waals surface area contributed by atoms with Gasteiger partial charge in [0.15, 0.2) is 14.6 Å². The predicted molar refractivity (Wildman–Crippen MR) is 69.8 cm³/mol. The molecule has 96 valence electrons. The molecule has 0 heterocycles. The molecule has 0 aliphatic heterocycles. The lowest BCUT2D eigenvalue weighted by molar-refractivity contribution is 0.287. The Morgan fingerprint density at radius 3 is 2.44 bits per heavy atom. The predicted octanol–water partition coefficient (Wildman–Crippen LogP) is 2.77. The highest BCUT2D eigenvalue weighted by atomic mass is 32.2. The number of sulfone groups is 1. The summed E-state index contributed by atoms with van der Waals surface area (Å²) >= 11 is 0. The quantitative estimate of drug-likeness (QED) is 0.824. The second-order valence-electron chi connectivity index (χ2n) is 5.39. The van der Waals surface area contributed by atoms with Crippen LogP contribution in [0.2, 0.25) is 0 Å². The van der Waals surface area contributed by atoms with Gasteiger partial charge in [-0.3, -0.25) is 0 Å². The van der Waals surface area contributed by atoms with Crippen molar-refractivity contribution in [2.24, 2.45) is 5.92 Å². The number of hydrogen-bond donors (Lipinski definition) is 0. The molecule has 1 fully saturated rings. The number of hydrogen-bond acceptors (Lipinski definition) is 3. The van der Waals surface area contributed by atoms with E-state index >= 15 is 0 Å². The van der Waals surface area contributed by atoms with Crippen molar-refractivity contribution in [1.82, 2.24) is 0 Å². The lowest BCUT2D eigenvalue weighted by Crippen LogP contribution is -2.48. The van der Waals surface area contributed by atoms with E-state index in [1.165, 1.54) is 0 Å². The number of nitrogens with zero attached hydrogens (tertiary/aromatic N) is 1. The van der Waals surface area contributed by atoms with Gasteiger partial charge in [0.2, 0.25) is 0 Å². The van der Waals surface area contributed by atoms with Crippen molar-refractivity contribution >= 4 is 9.84 Å². The molecule has 2 rings (SSSR count). The van der Waals surface area contributed by atoms with Crippen LogP contribution in [0.25, 0.3) is 0 Å². The zero-order valence-corrected chi connectivity index (χ0v) is 11.7. The second-order valence-corrected chi connectivity index (χ2v) is 7.62. The molecule has 4 heteroatoms. The molecule has 0 bridgehead atoms. The molecule has 0 unspecified atom stereocenters. The number of aryl methyl sites for hydroxylation is 2. The summed E-state index contributed by atoms with van der Waals surface area (Å²) in [5.74, 6) is 0.310. The highest BCUT2D eigenvalue weighted by molar-refractivity contribution is 7.93. The van der Waals surface area contributed by atoms with Gasteiger partial charge in [-0.05, 0) is 49.8 Å². The smallest absolute Gasteiger partial charge is 0.197 e. The first-order valence-corrected chi connectivity index (χ1v) is 7.54. The van der Waals surface area contributed by atoms with Crippen LogP contribution in [-0.4, -0.2) is 13.2 Å². The summed E-state index contributed by atoms with van der Waals surface area (Å²) in [5, 5.41) is 9.28. The Morgan fingerprint density at radius 2 is 1.94 bits per heavy atom. The third-order valence-electron chi connectivity index (χ3n) is 3.71. The van der Waals surface area contributed by atoms with Gasteiger partial charge in [0.1, 0.15) is 0 Å². The maximum atomic E-state index is 12.7. The first kappa shape index (κ1) is 13.1. The molecule has 18 heavy (non-hydrogen) atoms. The fraction of sp³-hybridized carbons (Fsp3) is 0.500. The monoisotopic (exact) mass is 263 g/mol. The highest BCUT2D eigenvalue weighted by Gasteiger charge is 2.54. The van der Waals surface area contributed by atoms with E-state index in [-0.39, 0.29) is 0 Å². The van der Waals surface area contributed by atoms with Gasteiger partial charge < -0.3 is 0 Å². The third-order valence-corrected chi connectivity index (χ3v) is 6.18. The Labute approximate surface area is 108 Å². The fourth-order valence-electron chi connectivity index (χ4n) is 2.64. The van der Waals surface area contributed by atoms with Gasteiger partial charge in [0.25, 0.3) is 0 Å². The van der Waals surface area contributed by atoms with Gasteiger partial charge in [0, 0.05) is 0 Å². The highest BCUT2D eigenvalue weighted by Crippen LogP contribution is 2.46. The summed E-state index contributed by atoms with van der Waals surface area (Å²) in [6.07, 6.45) is 0.887. The number of benzene rings is 1. The Bertz CT molecular complexity index is 620. The molecule has 1 aromatic carbocycles. The maximum Gasteiger partial charge on any atom is 0.197 e. The lowest BCUT2D eigenvalue weighted by Gasteiger charge is -2.40. The van der Waals surface area contributed by atoms with E-state index in [9.17, 15) is 13.7 Å². The molecular formula is C14H17NO2S. The maximum absolute atomic E-state index is 12.7. The van der Waals surface area contributed by atoms with E-state index in [2.05, 4.69) is 0 Å². The fourth-order valence-corrected chi connectivity index (χ4v) is 5.03. The van der Waals surface area contributed by atoms with Crippen LogP contribution >= 0.6 is 0 Å². The Kier molecular flexibility index (Phi) is 2.98. The van der Waals surface area contributed by atoms with Gasteiger partial charge in [-0.1, -0.05) is 19.1 Å². The third kappa shape index (κ3) is 1.74. The van der Waals surface area contributed by atoms with Crippen LogP contribution in [0.4, 0.5) is 0 Å². The van der Waals surface area contributed by atoms with Crippen LogP contribution in [-0.2, 0) is 9.84 Å². The average Bonchev–Trinajstić information content (AvgIpc) is 2.27. The van der Waals surface area contributed by atoms with Gasteiger partial charge in [0.05, 0.1) is 11.0 Å². The minimum atomic E-state index is -3.56. The number of nitriles is 1. The van der Waals surface area contributed by atoms with Crippen LogP contribution in [0.5, 0.6) is 0 Å². The van der Waals surface area contributed by atoms with Gasteiger partial charge in [-0.2, -0.15) is 5.26 Å². The van der Waals surface area contributed by atoms with Gasteiger partial charge in [-0.25, -0.2) is 8.42 Å². The zero-order chi connectivity index (χ0) is 13.6. The average molecular weight is 263 g/mol. The first-order valence-electron chi connectivity index (χ1n) is 6.05. The van der Waals surface area contributed by atoms with Crippen molar-refractivity contribution in [2.45, 2.75) is 43.3 Å². The summed E-state index contributed by atoms with van der Waals surface area (Å²) in [4.78, 5) is 0.316. The standard InChI is InChI=1S/C14H17NO2S/c1-10-4-5-12(3)13(6-10)18(16,17)14(9-15)7-11(2)8-14/h4-6,11H,7-8H2,1-3H3. The molecule has 0 saturated heterocycles. The van der Waals surface area contributed by atoms with Crippen molar-refractivity contribution in [3.05, 3.63) is 29.3 Å². The van der Waals surface area contributed by atoms with Crippen LogP contribution in [0, 0.1) is 31.1 Å². The summed E-state index contributed by atoms with van der Waals surface area (Å²) in [5.41, 5.74) is 1.62. The molecule has 0 radical (unpaired) electrons. The largest absolute Gasteiger partial charge is 0.222 e. The van der Waals surface area contributed by atoms with Crippen LogP contribution in [0.1, 0.15) is 30.9 Å². The van der Waals surface area contributed by atoms with Crippen molar-refractivity contribution in [3.63, 3.8) is 0 Å². The molecule has 1 saturated carbocycles. The lowest BCUT2D eigenvalue weighted by atomic mass is 9.76. The molecule has 0 amide bonds. The summed E-state index contributed by atoms with van der Waals surface area (Å²) in [6, 6.07) is 7.40. The van der Waals surface area contributed by atoms with Gasteiger partial charge in [-0.15, -0.1) is 0 Å². The minimum absolute atomic E-state index is 0.310. The zero-order valence-electron chi connectivity index (χ0n) is 10.9. The minimum Gasteiger partial charge on any atom is -0.222 e. The Balaban J connectivity index is 2.56. The normalized spacial score (nSPS) is 27.3. The van der Waals surface area contributed by atoms with E-state index in [0.717, 1.165) is 11.1 Å². The van der Waals surface area contributed by atoms with E-state index in [1.54, 1.807) is 19.1 Å². The van der Waals surface area contributed by atoms with Crippen molar-refractivity contribution < 1.29 is 8.42 Å². The van der Waals surface area contributed by atoms with Crippen molar-refractivity contribution in [3.8, 4) is 6.07 Å². The van der Waals surface area contributed by atoms with Gasteiger partial charge >= 0.3 is 0 Å². The Hall–Kier alpha value is -1.34. The van der Waals surface area contributed by atoms with Crippen molar-refractivity contribution in [1.29, 1.82) is 5.26 Å². The molecular weight excluding hydrogens is 246 g/mol. The first-order chi connectivity index (χ1) is 8.32. The number of rotatable bonds is 2. The SMILES string of the molecule is Cc1ccc(C)c(S(=O)(=O)C2(C#N)CC(C)C2)c1. The molecule has 0 aromatic heterocycles. The molecule has 1 aliphatic carbocycles. The van der Waals surface area contributed by atoms with Crippen LogP contribution in [0.3, 0.4) is 0 Å². The summed E-state index contributed by atoms with van der Waals surface area (Å²) in [7, 11) is -3.56. The topological polar surface area (TPSA) is 57.9 Å². The molecule has 0 atom stereocenters. The van der Waals surface area contributed by atoms with E-state index in [0.29, 0.717) is 23.7 Å². The second kappa shape index (κ2) is 4.10. The van der Waals surface area contributed by atoms with Crippen LogP contribution < -0.4 is 0 Å². The molecule has 1 aromatic rings. The molecule has 0 N–H and O–H groups in total. The van der Waals surface area contributed by atoms with E-state index in [4.69, 9.17) is 0 Å².